The summed E-state index contributed by atoms with van der Waals surface area (Å²) in [6.07, 6.45) is 3.58. The van der Waals surface area contributed by atoms with E-state index in [9.17, 15) is 4.79 Å². The summed E-state index contributed by atoms with van der Waals surface area (Å²) in [6, 6.07) is 7.14. The van der Waals surface area contributed by atoms with E-state index in [1.165, 1.54) is 0 Å². The molecule has 3 aromatic rings. The Bertz CT molecular complexity index is 942. The molecule has 26 heavy (non-hydrogen) atoms. The number of amides is 1. The van der Waals surface area contributed by atoms with Crippen molar-refractivity contribution >= 4 is 29.8 Å². The fourth-order valence-electron chi connectivity index (χ4n) is 2.80. The highest BCUT2D eigenvalue weighted by atomic mass is 35.5. The van der Waals surface area contributed by atoms with Gasteiger partial charge in [-0.15, -0.1) is 12.4 Å². The Morgan fingerprint density at radius 2 is 2.12 bits per heavy atom. The molecule has 0 fully saturated rings. The van der Waals surface area contributed by atoms with Crippen LogP contribution in [-0.2, 0) is 0 Å². The molecule has 9 heteroatoms. The zero-order chi connectivity index (χ0) is 17.2. The quantitative estimate of drug-likeness (QED) is 0.593. The molecule has 4 bridgehead atoms. The van der Waals surface area contributed by atoms with Gasteiger partial charge in [-0.05, 0) is 29.8 Å². The van der Waals surface area contributed by atoms with E-state index in [1.807, 2.05) is 18.3 Å². The molecule has 4 rings (SSSR count). The molecule has 1 aliphatic rings. The Kier molecular flexibility index (Phi) is 5.24. The van der Waals surface area contributed by atoms with Crippen molar-refractivity contribution in [3.63, 3.8) is 0 Å². The van der Waals surface area contributed by atoms with Gasteiger partial charge in [-0.2, -0.15) is 5.10 Å². The van der Waals surface area contributed by atoms with Gasteiger partial charge in [0.15, 0.2) is 5.65 Å². The van der Waals surface area contributed by atoms with Crippen LogP contribution in [0.5, 0.6) is 5.75 Å². The highest BCUT2D eigenvalue weighted by Gasteiger charge is 2.14. The first-order chi connectivity index (χ1) is 12.2. The van der Waals surface area contributed by atoms with E-state index >= 15 is 0 Å². The number of aromatic nitrogens is 3. The summed E-state index contributed by atoms with van der Waals surface area (Å²) >= 11 is 0. The molecule has 0 unspecified atom stereocenters. The minimum Gasteiger partial charge on any atom is -0.492 e. The second-order valence-electron chi connectivity index (χ2n) is 5.77. The van der Waals surface area contributed by atoms with Gasteiger partial charge >= 0.3 is 0 Å². The maximum Gasteiger partial charge on any atom is 0.248 e. The number of nitrogens with two attached hydrogens (primary N) is 1. The molecule has 4 N–H and O–H groups in total. The lowest BCUT2D eigenvalue weighted by atomic mass is 10.0. The van der Waals surface area contributed by atoms with Crippen LogP contribution < -0.4 is 21.1 Å². The van der Waals surface area contributed by atoms with Crippen molar-refractivity contribution in [2.45, 2.75) is 0 Å². The summed E-state index contributed by atoms with van der Waals surface area (Å²) in [6.45, 7) is 2.73. The lowest BCUT2D eigenvalue weighted by molar-refractivity contribution is 0.1000. The molecule has 8 nitrogen and oxygen atoms in total. The number of fused-ring (bicyclic) bond motifs is 4. The number of ether oxygens (including phenoxy) is 1. The predicted molar refractivity (Wildman–Crippen MR) is 101 cm³/mol. The van der Waals surface area contributed by atoms with E-state index in [4.69, 9.17) is 10.5 Å². The molecule has 3 heterocycles. The Morgan fingerprint density at radius 1 is 1.23 bits per heavy atom. The zero-order valence-corrected chi connectivity index (χ0v) is 14.8. The molecule has 1 aromatic carbocycles. The van der Waals surface area contributed by atoms with Gasteiger partial charge in [0.1, 0.15) is 18.2 Å². The normalized spacial score (nSPS) is 14.0. The number of halogens is 1. The fraction of sp³-hybridized carbons (Fsp3) is 0.235. The van der Waals surface area contributed by atoms with Crippen LogP contribution in [0.2, 0.25) is 0 Å². The first-order valence-electron chi connectivity index (χ1n) is 8.08. The van der Waals surface area contributed by atoms with Gasteiger partial charge in [-0.1, -0.05) is 0 Å². The smallest absolute Gasteiger partial charge is 0.248 e. The van der Waals surface area contributed by atoms with Gasteiger partial charge in [-0.25, -0.2) is 9.50 Å². The van der Waals surface area contributed by atoms with E-state index in [2.05, 4.69) is 20.7 Å². The SMILES string of the molecule is Cl.NC(=O)c1cc2cc(c1)-c1cnn3ccc(nc13)NCCNCCO2. The van der Waals surface area contributed by atoms with Crippen LogP contribution in [0.1, 0.15) is 10.4 Å². The zero-order valence-electron chi connectivity index (χ0n) is 13.9. The molecule has 136 valence electrons. The molecule has 0 saturated heterocycles. The van der Waals surface area contributed by atoms with Crippen molar-refractivity contribution in [3.8, 4) is 16.9 Å². The largest absolute Gasteiger partial charge is 0.492 e. The Morgan fingerprint density at radius 3 is 2.96 bits per heavy atom. The second-order valence-corrected chi connectivity index (χ2v) is 5.77. The molecule has 0 atom stereocenters. The molecule has 0 saturated carbocycles. The van der Waals surface area contributed by atoms with Crippen molar-refractivity contribution in [1.82, 2.24) is 19.9 Å². The average molecular weight is 375 g/mol. The number of primary amides is 1. The van der Waals surface area contributed by atoms with Crippen molar-refractivity contribution in [1.29, 1.82) is 0 Å². The van der Waals surface area contributed by atoms with Crippen molar-refractivity contribution in [3.05, 3.63) is 42.2 Å². The van der Waals surface area contributed by atoms with Crippen molar-refractivity contribution < 1.29 is 9.53 Å². The lowest BCUT2D eigenvalue weighted by Crippen LogP contribution is -2.27. The van der Waals surface area contributed by atoms with E-state index in [-0.39, 0.29) is 12.4 Å². The first-order valence-corrected chi connectivity index (χ1v) is 8.08. The summed E-state index contributed by atoms with van der Waals surface area (Å²) in [5.41, 5.74) is 8.16. The maximum atomic E-state index is 11.7. The van der Waals surface area contributed by atoms with E-state index < -0.39 is 5.91 Å². The van der Waals surface area contributed by atoms with E-state index in [0.717, 1.165) is 30.0 Å². The number of rotatable bonds is 1. The number of benzene rings is 1. The summed E-state index contributed by atoms with van der Waals surface area (Å²) in [5.74, 6) is 0.868. The topological polar surface area (TPSA) is 107 Å². The second kappa shape index (κ2) is 7.59. The third kappa shape index (κ3) is 3.56. The average Bonchev–Trinajstić information content (AvgIpc) is 3.03. The van der Waals surface area contributed by atoms with Gasteiger partial charge in [-0.3, -0.25) is 4.79 Å². The van der Waals surface area contributed by atoms with Crippen LogP contribution in [-0.4, -0.2) is 46.7 Å². The third-order valence-electron chi connectivity index (χ3n) is 4.03. The van der Waals surface area contributed by atoms with Crippen molar-refractivity contribution in [2.75, 3.05) is 31.6 Å². The molecular formula is C17H19ClN6O2. The fourth-order valence-corrected chi connectivity index (χ4v) is 2.80. The molecule has 1 amide bonds. The van der Waals surface area contributed by atoms with E-state index in [1.54, 1.807) is 22.8 Å². The minimum absolute atomic E-state index is 0. The van der Waals surface area contributed by atoms with Crippen LogP contribution in [0.4, 0.5) is 5.82 Å². The highest BCUT2D eigenvalue weighted by Crippen LogP contribution is 2.29. The summed E-state index contributed by atoms with van der Waals surface area (Å²) in [7, 11) is 0. The van der Waals surface area contributed by atoms with Gasteiger partial charge in [0.25, 0.3) is 0 Å². The predicted octanol–water partition coefficient (Wildman–Crippen LogP) is 1.31. The Hall–Kier alpha value is -2.84. The van der Waals surface area contributed by atoms with E-state index in [0.29, 0.717) is 30.1 Å². The van der Waals surface area contributed by atoms with Gasteiger partial charge in [0.2, 0.25) is 5.91 Å². The number of nitrogens with zero attached hydrogens (tertiary/aromatic N) is 3. The molecular weight excluding hydrogens is 356 g/mol. The number of anilines is 1. The van der Waals surface area contributed by atoms with Gasteiger partial charge in [0.05, 0.1) is 6.20 Å². The molecule has 0 aliphatic carbocycles. The van der Waals surface area contributed by atoms with Crippen LogP contribution in [0.15, 0.2) is 36.7 Å². The van der Waals surface area contributed by atoms with Crippen molar-refractivity contribution in [2.24, 2.45) is 5.73 Å². The van der Waals surface area contributed by atoms with Gasteiger partial charge in [0, 0.05) is 37.0 Å². The highest BCUT2D eigenvalue weighted by molar-refractivity contribution is 5.95. The Labute approximate surface area is 156 Å². The number of carbonyl (C=O) groups excluding carboxylic acids is 1. The Balaban J connectivity index is 0.00000196. The summed E-state index contributed by atoms with van der Waals surface area (Å²) < 4.78 is 7.47. The molecule has 1 aliphatic heterocycles. The number of hydrogen-bond donors (Lipinski definition) is 3. The number of carbonyl (C=O) groups is 1. The number of nitrogens with one attached hydrogen (secondary N) is 2. The summed E-state index contributed by atoms with van der Waals surface area (Å²) in [4.78, 5) is 16.3. The lowest BCUT2D eigenvalue weighted by Gasteiger charge is -2.12. The van der Waals surface area contributed by atoms with Gasteiger partial charge < -0.3 is 21.1 Å². The van der Waals surface area contributed by atoms with Crippen LogP contribution in [0.3, 0.4) is 0 Å². The minimum atomic E-state index is -0.502. The molecule has 0 spiro atoms. The summed E-state index contributed by atoms with van der Waals surface area (Å²) in [5, 5.41) is 10.9. The molecule has 0 radical (unpaired) electrons. The van der Waals surface area contributed by atoms with Crippen LogP contribution in [0, 0.1) is 0 Å². The van der Waals surface area contributed by atoms with Crippen LogP contribution in [0.25, 0.3) is 16.8 Å². The van der Waals surface area contributed by atoms with Crippen LogP contribution >= 0.6 is 12.4 Å². The standard InChI is InChI=1S/C17H18N6O2.ClH/c18-16(24)12-7-11-8-13(9-12)25-6-4-19-2-3-20-15-1-5-23-17(22-15)14(11)10-21-23;/h1,5,7-10,19H,2-4,6H2,(H2,18,24)(H,20,22);1H. The maximum absolute atomic E-state index is 11.7. The monoisotopic (exact) mass is 374 g/mol. The first kappa shape index (κ1) is 18.0. The third-order valence-corrected chi connectivity index (χ3v) is 4.03. The molecule has 2 aromatic heterocycles. The number of hydrogen-bond acceptors (Lipinski definition) is 6.